The van der Waals surface area contributed by atoms with Crippen molar-refractivity contribution in [2.24, 2.45) is 0 Å². The van der Waals surface area contributed by atoms with Gasteiger partial charge in [0.1, 0.15) is 11.3 Å². The molecule has 196 valence electrons. The molecule has 0 saturated carbocycles. The quantitative estimate of drug-likeness (QED) is 0.231. The van der Waals surface area contributed by atoms with E-state index in [-0.39, 0.29) is 5.41 Å². The van der Waals surface area contributed by atoms with Crippen LogP contribution < -0.4 is 4.90 Å². The minimum absolute atomic E-state index is 0.124. The maximum Gasteiger partial charge on any atom is 0.134 e. The standard InChI is InChI=1S/C37H31NO2/c1-3-9-32-27(6-1)8-5-10-33(32)28-14-12-26(13-15-28)29-16-17-35-34(23-29)37(18-20-39-21-19-37)25-38(35)24-31-22-30-7-2-4-11-36(30)40-31/h1-17,22-23H,18-21,24-25H2. The van der Waals surface area contributed by atoms with Crippen LogP contribution in [0.2, 0.25) is 0 Å². The molecule has 0 radical (unpaired) electrons. The highest BCUT2D eigenvalue weighted by atomic mass is 16.5. The molecule has 1 fully saturated rings. The van der Waals surface area contributed by atoms with Crippen molar-refractivity contribution in [1.82, 2.24) is 0 Å². The van der Waals surface area contributed by atoms with Crippen LogP contribution in [0.3, 0.4) is 0 Å². The van der Waals surface area contributed by atoms with E-state index in [2.05, 4.69) is 114 Å². The minimum Gasteiger partial charge on any atom is -0.459 e. The summed E-state index contributed by atoms with van der Waals surface area (Å²) in [6.07, 6.45) is 2.11. The van der Waals surface area contributed by atoms with Gasteiger partial charge in [0.15, 0.2) is 0 Å². The zero-order valence-electron chi connectivity index (χ0n) is 22.5. The van der Waals surface area contributed by atoms with Gasteiger partial charge in [0.05, 0.1) is 6.54 Å². The average Bonchev–Trinajstić information content (AvgIpc) is 3.55. The number of ether oxygens (including phenoxy) is 1. The van der Waals surface area contributed by atoms with E-state index in [1.54, 1.807) is 0 Å². The summed E-state index contributed by atoms with van der Waals surface area (Å²) >= 11 is 0. The third-order valence-electron chi connectivity index (χ3n) is 8.99. The molecule has 1 spiro atoms. The molecular formula is C37H31NO2. The largest absolute Gasteiger partial charge is 0.459 e. The first-order chi connectivity index (χ1) is 19.8. The number of hydrogen-bond donors (Lipinski definition) is 0. The molecule has 1 saturated heterocycles. The zero-order chi connectivity index (χ0) is 26.5. The fourth-order valence-electron chi connectivity index (χ4n) is 6.90. The van der Waals surface area contributed by atoms with Crippen LogP contribution in [-0.2, 0) is 16.7 Å². The molecule has 5 aromatic carbocycles. The summed E-state index contributed by atoms with van der Waals surface area (Å²) in [5.41, 5.74) is 8.93. The second kappa shape index (κ2) is 9.39. The van der Waals surface area contributed by atoms with E-state index in [0.29, 0.717) is 0 Å². The molecule has 0 bridgehead atoms. The SMILES string of the molecule is c1ccc2oc(CN3CC4(CCOCC4)c4cc(-c5ccc(-c6cccc7ccccc67)cc5)ccc43)cc2c1. The van der Waals surface area contributed by atoms with E-state index in [9.17, 15) is 0 Å². The Morgan fingerprint density at radius 2 is 1.38 bits per heavy atom. The van der Waals surface area contributed by atoms with Crippen LogP contribution in [0.1, 0.15) is 24.2 Å². The number of para-hydroxylation sites is 1. The predicted octanol–water partition coefficient (Wildman–Crippen LogP) is 8.99. The fraction of sp³-hybridized carbons (Fsp3) is 0.189. The molecule has 0 unspecified atom stereocenters. The predicted molar refractivity (Wildman–Crippen MR) is 164 cm³/mol. The monoisotopic (exact) mass is 521 g/mol. The molecule has 3 heteroatoms. The summed E-state index contributed by atoms with van der Waals surface area (Å²) in [6.45, 7) is 3.43. The van der Waals surface area contributed by atoms with Crippen molar-refractivity contribution in [3.05, 3.63) is 127 Å². The number of anilines is 1. The molecule has 0 atom stereocenters. The third-order valence-corrected chi connectivity index (χ3v) is 8.99. The molecule has 1 aromatic heterocycles. The van der Waals surface area contributed by atoms with E-state index < -0.39 is 0 Å². The molecule has 3 heterocycles. The van der Waals surface area contributed by atoms with E-state index in [1.165, 1.54) is 49.7 Å². The summed E-state index contributed by atoms with van der Waals surface area (Å²) in [7, 11) is 0. The van der Waals surface area contributed by atoms with Crippen molar-refractivity contribution >= 4 is 27.4 Å². The van der Waals surface area contributed by atoms with Crippen molar-refractivity contribution in [2.45, 2.75) is 24.8 Å². The highest BCUT2D eigenvalue weighted by Crippen LogP contribution is 2.48. The fourth-order valence-corrected chi connectivity index (χ4v) is 6.90. The number of nitrogens with zero attached hydrogens (tertiary/aromatic N) is 1. The summed E-state index contributed by atoms with van der Waals surface area (Å²) in [6, 6.07) is 41.8. The van der Waals surface area contributed by atoms with Crippen molar-refractivity contribution in [1.29, 1.82) is 0 Å². The van der Waals surface area contributed by atoms with Crippen molar-refractivity contribution in [3.63, 3.8) is 0 Å². The Kier molecular flexibility index (Phi) is 5.53. The number of fused-ring (bicyclic) bond motifs is 4. The third kappa shape index (κ3) is 3.92. The molecule has 40 heavy (non-hydrogen) atoms. The van der Waals surface area contributed by atoms with Gasteiger partial charge in [-0.2, -0.15) is 0 Å². The lowest BCUT2D eigenvalue weighted by Crippen LogP contribution is -2.38. The van der Waals surface area contributed by atoms with Gasteiger partial charge in [0, 0.05) is 36.2 Å². The maximum absolute atomic E-state index is 6.22. The van der Waals surface area contributed by atoms with Gasteiger partial charge in [0.25, 0.3) is 0 Å². The molecule has 8 rings (SSSR count). The molecule has 2 aliphatic heterocycles. The Bertz CT molecular complexity index is 1800. The van der Waals surface area contributed by atoms with E-state index in [0.717, 1.165) is 50.5 Å². The van der Waals surface area contributed by atoms with E-state index >= 15 is 0 Å². The Labute approximate surface area is 234 Å². The van der Waals surface area contributed by atoms with Gasteiger partial charge in [-0.05, 0) is 75.7 Å². The number of hydrogen-bond acceptors (Lipinski definition) is 3. The van der Waals surface area contributed by atoms with Gasteiger partial charge in [-0.1, -0.05) is 91.0 Å². The second-order valence-corrected chi connectivity index (χ2v) is 11.3. The number of furan rings is 1. The second-order valence-electron chi connectivity index (χ2n) is 11.3. The normalized spacial score (nSPS) is 16.1. The van der Waals surface area contributed by atoms with Crippen molar-refractivity contribution in [2.75, 3.05) is 24.7 Å². The lowest BCUT2D eigenvalue weighted by Gasteiger charge is -2.34. The van der Waals surface area contributed by atoms with Crippen molar-refractivity contribution in [3.8, 4) is 22.3 Å². The van der Waals surface area contributed by atoms with Crippen LogP contribution >= 0.6 is 0 Å². The highest BCUT2D eigenvalue weighted by Gasteiger charge is 2.44. The van der Waals surface area contributed by atoms with Gasteiger partial charge in [-0.25, -0.2) is 0 Å². The summed E-state index contributed by atoms with van der Waals surface area (Å²) in [4.78, 5) is 2.52. The molecule has 2 aliphatic rings. The first-order valence-corrected chi connectivity index (χ1v) is 14.3. The molecule has 0 aliphatic carbocycles. The van der Waals surface area contributed by atoms with Crippen LogP contribution in [0.5, 0.6) is 0 Å². The lowest BCUT2D eigenvalue weighted by molar-refractivity contribution is 0.0552. The van der Waals surface area contributed by atoms with Gasteiger partial charge < -0.3 is 14.1 Å². The van der Waals surface area contributed by atoms with Crippen molar-refractivity contribution < 1.29 is 9.15 Å². The molecule has 6 aromatic rings. The lowest BCUT2D eigenvalue weighted by atomic mass is 9.75. The summed E-state index contributed by atoms with van der Waals surface area (Å²) < 4.78 is 12.1. The van der Waals surface area contributed by atoms with Crippen LogP contribution in [0.15, 0.2) is 120 Å². The van der Waals surface area contributed by atoms with Gasteiger partial charge in [-0.15, -0.1) is 0 Å². The smallest absolute Gasteiger partial charge is 0.134 e. The first kappa shape index (κ1) is 23.5. The molecule has 0 amide bonds. The topological polar surface area (TPSA) is 25.6 Å². The molecule has 3 nitrogen and oxygen atoms in total. The van der Waals surface area contributed by atoms with E-state index in [4.69, 9.17) is 9.15 Å². The van der Waals surface area contributed by atoms with Gasteiger partial charge in [0.2, 0.25) is 0 Å². The van der Waals surface area contributed by atoms with Crippen LogP contribution in [-0.4, -0.2) is 19.8 Å². The Hall–Kier alpha value is -4.34. The Balaban J connectivity index is 1.14. The number of benzene rings is 5. The minimum atomic E-state index is 0.124. The molecular weight excluding hydrogens is 490 g/mol. The summed E-state index contributed by atoms with van der Waals surface area (Å²) in [5, 5.41) is 3.73. The molecule has 0 N–H and O–H groups in total. The van der Waals surface area contributed by atoms with Gasteiger partial charge in [-0.3, -0.25) is 0 Å². The Morgan fingerprint density at radius 1 is 0.650 bits per heavy atom. The van der Waals surface area contributed by atoms with Crippen LogP contribution in [0.4, 0.5) is 5.69 Å². The highest BCUT2D eigenvalue weighted by molar-refractivity contribution is 5.96. The Morgan fingerprint density at radius 3 is 2.23 bits per heavy atom. The van der Waals surface area contributed by atoms with Crippen LogP contribution in [0.25, 0.3) is 44.0 Å². The zero-order valence-corrected chi connectivity index (χ0v) is 22.5. The van der Waals surface area contributed by atoms with Gasteiger partial charge >= 0.3 is 0 Å². The van der Waals surface area contributed by atoms with E-state index in [1.807, 2.05) is 6.07 Å². The summed E-state index contributed by atoms with van der Waals surface area (Å²) in [5.74, 6) is 1.02. The van der Waals surface area contributed by atoms with Crippen LogP contribution in [0, 0.1) is 0 Å². The average molecular weight is 522 g/mol. The maximum atomic E-state index is 6.22. The number of rotatable bonds is 4. The first-order valence-electron chi connectivity index (χ1n) is 14.3.